The summed E-state index contributed by atoms with van der Waals surface area (Å²) in [7, 11) is 0. The second-order valence-electron chi connectivity index (χ2n) is 5.75. The molecule has 2 atom stereocenters. The van der Waals surface area contributed by atoms with Gasteiger partial charge in [-0.15, -0.1) is 0 Å². The highest BCUT2D eigenvalue weighted by Crippen LogP contribution is 2.46. The molecule has 1 N–H and O–H groups in total. The average Bonchev–Trinajstić information content (AvgIpc) is 3.28. The third-order valence-electron chi connectivity index (χ3n) is 4.31. The fourth-order valence-electron chi connectivity index (χ4n) is 3.01. The molecule has 1 saturated carbocycles. The Balaban J connectivity index is 1.92. The van der Waals surface area contributed by atoms with Crippen LogP contribution in [-0.4, -0.2) is 19.8 Å². The lowest BCUT2D eigenvalue weighted by Crippen LogP contribution is -2.28. The topological polar surface area (TPSA) is 30.5 Å². The number of halogens is 1. The van der Waals surface area contributed by atoms with Gasteiger partial charge in [0.25, 0.3) is 0 Å². The maximum atomic E-state index is 6.49. The second kappa shape index (κ2) is 5.82. The molecule has 4 heteroatoms. The zero-order valence-corrected chi connectivity index (χ0v) is 12.9. The summed E-state index contributed by atoms with van der Waals surface area (Å²) in [6.07, 6.45) is 2.68. The molecule has 0 saturated heterocycles. The van der Waals surface area contributed by atoms with Gasteiger partial charge in [0.05, 0.1) is 0 Å². The molecule has 3 nitrogen and oxygen atoms in total. The molecule has 0 radical (unpaired) electrons. The highest BCUT2D eigenvalue weighted by Gasteiger charge is 2.35. The predicted octanol–water partition coefficient (Wildman–Crippen LogP) is 3.81. The van der Waals surface area contributed by atoms with E-state index < -0.39 is 0 Å². The molecule has 0 bridgehead atoms. The molecule has 1 aliphatic carbocycles. The highest BCUT2D eigenvalue weighted by molar-refractivity contribution is 6.31. The Morgan fingerprint density at radius 3 is 2.50 bits per heavy atom. The first-order valence-corrected chi connectivity index (χ1v) is 7.91. The number of rotatable bonds is 5. The van der Waals surface area contributed by atoms with Gasteiger partial charge in [-0.2, -0.15) is 0 Å². The normalized spacial score (nSPS) is 20.6. The lowest BCUT2D eigenvalue weighted by molar-refractivity contribution is 0.171. The van der Waals surface area contributed by atoms with Crippen LogP contribution in [0.15, 0.2) is 12.1 Å². The Kier molecular flexibility index (Phi) is 4.08. The van der Waals surface area contributed by atoms with E-state index in [0.29, 0.717) is 19.1 Å². The van der Waals surface area contributed by atoms with Gasteiger partial charge >= 0.3 is 0 Å². The molecule has 1 heterocycles. The summed E-state index contributed by atoms with van der Waals surface area (Å²) in [6, 6.07) is 4.24. The van der Waals surface area contributed by atoms with Gasteiger partial charge in [-0.25, -0.2) is 0 Å². The number of hydrogen-bond acceptors (Lipinski definition) is 3. The largest absolute Gasteiger partial charge is 0.486 e. The van der Waals surface area contributed by atoms with Crippen molar-refractivity contribution in [2.24, 2.45) is 11.8 Å². The molecule has 2 unspecified atom stereocenters. The molecule has 1 aromatic rings. The van der Waals surface area contributed by atoms with Gasteiger partial charge in [0.1, 0.15) is 13.2 Å². The SMILES string of the molecule is CCNC(c1cc2c(cc1Cl)OCCO2)C(C)C1CC1. The zero-order chi connectivity index (χ0) is 14.1. The van der Waals surface area contributed by atoms with Crippen molar-refractivity contribution in [1.82, 2.24) is 5.32 Å². The quantitative estimate of drug-likeness (QED) is 0.896. The highest BCUT2D eigenvalue weighted by atomic mass is 35.5. The van der Waals surface area contributed by atoms with Crippen LogP contribution in [0.4, 0.5) is 0 Å². The van der Waals surface area contributed by atoms with Crippen LogP contribution in [0.1, 0.15) is 38.3 Å². The van der Waals surface area contributed by atoms with E-state index in [9.17, 15) is 0 Å². The molecule has 0 aromatic heterocycles. The van der Waals surface area contributed by atoms with E-state index in [2.05, 4.69) is 25.2 Å². The van der Waals surface area contributed by atoms with Crippen LogP contribution >= 0.6 is 11.6 Å². The molecule has 110 valence electrons. The first-order chi connectivity index (χ1) is 9.70. The summed E-state index contributed by atoms with van der Waals surface area (Å²) in [5, 5.41) is 4.36. The van der Waals surface area contributed by atoms with E-state index in [0.717, 1.165) is 34.5 Å². The van der Waals surface area contributed by atoms with Gasteiger partial charge < -0.3 is 14.8 Å². The summed E-state index contributed by atoms with van der Waals surface area (Å²) in [4.78, 5) is 0. The van der Waals surface area contributed by atoms with Crippen LogP contribution in [0.2, 0.25) is 5.02 Å². The molecule has 20 heavy (non-hydrogen) atoms. The number of hydrogen-bond donors (Lipinski definition) is 1. The van der Waals surface area contributed by atoms with Gasteiger partial charge in [-0.3, -0.25) is 0 Å². The number of benzene rings is 1. The van der Waals surface area contributed by atoms with Crippen molar-refractivity contribution in [2.75, 3.05) is 19.8 Å². The zero-order valence-electron chi connectivity index (χ0n) is 12.1. The molecular weight excluding hydrogens is 274 g/mol. The van der Waals surface area contributed by atoms with E-state index in [-0.39, 0.29) is 6.04 Å². The fourth-order valence-corrected chi connectivity index (χ4v) is 3.28. The van der Waals surface area contributed by atoms with Crippen LogP contribution in [0.3, 0.4) is 0 Å². The first-order valence-electron chi connectivity index (χ1n) is 7.53. The minimum atomic E-state index is 0.288. The summed E-state index contributed by atoms with van der Waals surface area (Å²) in [5.74, 6) is 3.00. The standard InChI is InChI=1S/C16H22ClNO2/c1-3-18-16(10(2)11-4-5-11)12-8-14-15(9-13(12)17)20-7-6-19-14/h8-11,16,18H,3-7H2,1-2H3. The summed E-state index contributed by atoms with van der Waals surface area (Å²) in [5.41, 5.74) is 1.14. The third kappa shape index (κ3) is 2.75. The van der Waals surface area contributed by atoms with Crippen molar-refractivity contribution in [1.29, 1.82) is 0 Å². The van der Waals surface area contributed by atoms with Gasteiger partial charge in [0.15, 0.2) is 11.5 Å². The molecule has 1 aliphatic heterocycles. The van der Waals surface area contributed by atoms with Crippen LogP contribution < -0.4 is 14.8 Å². The van der Waals surface area contributed by atoms with E-state index in [4.69, 9.17) is 21.1 Å². The Hall–Kier alpha value is -0.930. The van der Waals surface area contributed by atoms with Gasteiger partial charge in [-0.1, -0.05) is 25.4 Å². The van der Waals surface area contributed by atoms with Crippen LogP contribution in [0.5, 0.6) is 11.5 Å². The minimum Gasteiger partial charge on any atom is -0.486 e. The summed E-state index contributed by atoms with van der Waals surface area (Å²) in [6.45, 7) is 6.60. The van der Waals surface area contributed by atoms with Crippen LogP contribution in [0.25, 0.3) is 0 Å². The minimum absolute atomic E-state index is 0.288. The van der Waals surface area contributed by atoms with Crippen molar-refractivity contribution in [3.63, 3.8) is 0 Å². The van der Waals surface area contributed by atoms with E-state index in [1.54, 1.807) is 0 Å². The number of ether oxygens (including phenoxy) is 2. The summed E-state index contributed by atoms with van der Waals surface area (Å²) >= 11 is 6.49. The van der Waals surface area contributed by atoms with Crippen molar-refractivity contribution < 1.29 is 9.47 Å². The monoisotopic (exact) mass is 295 g/mol. The van der Waals surface area contributed by atoms with Gasteiger partial charge in [0, 0.05) is 17.1 Å². The van der Waals surface area contributed by atoms with Gasteiger partial charge in [0.2, 0.25) is 0 Å². The first kappa shape index (κ1) is 14.0. The molecular formula is C16H22ClNO2. The van der Waals surface area contributed by atoms with Crippen molar-refractivity contribution in [2.45, 2.75) is 32.7 Å². The fraction of sp³-hybridized carbons (Fsp3) is 0.625. The molecule has 0 amide bonds. The summed E-state index contributed by atoms with van der Waals surface area (Å²) < 4.78 is 11.3. The average molecular weight is 296 g/mol. The number of fused-ring (bicyclic) bond motifs is 1. The van der Waals surface area contributed by atoms with Crippen LogP contribution in [-0.2, 0) is 0 Å². The third-order valence-corrected chi connectivity index (χ3v) is 4.64. The van der Waals surface area contributed by atoms with E-state index in [1.165, 1.54) is 12.8 Å². The molecule has 2 aliphatic rings. The lowest BCUT2D eigenvalue weighted by atomic mass is 9.90. The van der Waals surface area contributed by atoms with Crippen molar-refractivity contribution >= 4 is 11.6 Å². The molecule has 0 spiro atoms. The smallest absolute Gasteiger partial charge is 0.162 e. The predicted molar refractivity (Wildman–Crippen MR) is 80.7 cm³/mol. The second-order valence-corrected chi connectivity index (χ2v) is 6.16. The molecule has 1 aromatic carbocycles. The maximum Gasteiger partial charge on any atom is 0.162 e. The van der Waals surface area contributed by atoms with Crippen molar-refractivity contribution in [3.8, 4) is 11.5 Å². The van der Waals surface area contributed by atoms with E-state index in [1.807, 2.05) is 6.07 Å². The van der Waals surface area contributed by atoms with Crippen molar-refractivity contribution in [3.05, 3.63) is 22.7 Å². The maximum absolute atomic E-state index is 6.49. The Bertz CT molecular complexity index is 488. The van der Waals surface area contributed by atoms with Crippen LogP contribution in [0, 0.1) is 11.8 Å². The van der Waals surface area contributed by atoms with E-state index >= 15 is 0 Å². The number of nitrogens with one attached hydrogen (secondary N) is 1. The van der Waals surface area contributed by atoms with Gasteiger partial charge in [-0.05, 0) is 42.9 Å². The molecule has 3 rings (SSSR count). The lowest BCUT2D eigenvalue weighted by Gasteiger charge is -2.28. The Morgan fingerprint density at radius 1 is 1.25 bits per heavy atom. The molecule has 1 fully saturated rings. The Morgan fingerprint density at radius 2 is 1.90 bits per heavy atom. The Labute approximate surface area is 125 Å².